The molecule has 0 aromatic rings. The molecule has 0 unspecified atom stereocenters. The molecule has 0 radical (unpaired) electrons. The normalized spacial score (nSPS) is 11.0. The molecule has 0 aromatic heterocycles. The van der Waals surface area contributed by atoms with Gasteiger partial charge < -0.3 is 14.2 Å². The van der Waals surface area contributed by atoms with Crippen LogP contribution in [0.15, 0.2) is 24.3 Å². The minimum atomic E-state index is -4.17. The Kier molecular flexibility index (Phi) is 13.6. The van der Waals surface area contributed by atoms with Gasteiger partial charge >= 0.3 is 69.3 Å². The number of rotatable bonds is 11. The summed E-state index contributed by atoms with van der Waals surface area (Å²) >= 11 is 0. The van der Waals surface area contributed by atoms with Crippen molar-refractivity contribution in [2.24, 2.45) is 5.41 Å². The van der Waals surface area contributed by atoms with Crippen LogP contribution in [-0.2, 0) is 38.7 Å². The van der Waals surface area contributed by atoms with Gasteiger partial charge in [0.25, 0.3) is 10.1 Å². The van der Waals surface area contributed by atoms with Crippen LogP contribution in [0.25, 0.3) is 0 Å². The van der Waals surface area contributed by atoms with Gasteiger partial charge in [-0.05, 0) is 27.2 Å². The van der Waals surface area contributed by atoms with Crippen LogP contribution < -0.4 is 0 Å². The molecule has 0 saturated heterocycles. The van der Waals surface area contributed by atoms with Gasteiger partial charge in [0.1, 0.15) is 18.6 Å². The summed E-state index contributed by atoms with van der Waals surface area (Å²) < 4.78 is 44.8. The first-order valence-corrected chi connectivity index (χ1v) is 9.17. The molecule has 0 aliphatic carbocycles. The van der Waals surface area contributed by atoms with E-state index in [1.807, 2.05) is 0 Å². The van der Waals surface area contributed by atoms with Crippen molar-refractivity contribution < 1.29 is 41.6 Å². The van der Waals surface area contributed by atoms with Crippen molar-refractivity contribution in [3.8, 4) is 0 Å². The van der Waals surface area contributed by atoms with Gasteiger partial charge in [-0.25, -0.2) is 9.59 Å². The average Bonchev–Trinajstić information content (AvgIpc) is 2.52. The first-order chi connectivity index (χ1) is 11.8. The molecule has 0 heterocycles. The SMILES string of the molecule is C=C(C)C(=O)OCC(C)(COC(=O)C(=C)C)C(=O)OCCCS(=O)(=O)O.[KH]. The molecular formula is C16H25KO9S. The van der Waals surface area contributed by atoms with Crippen LogP contribution >= 0.6 is 0 Å². The number of hydrogen-bond acceptors (Lipinski definition) is 8. The Morgan fingerprint density at radius 2 is 1.37 bits per heavy atom. The predicted molar refractivity (Wildman–Crippen MR) is 98.8 cm³/mol. The van der Waals surface area contributed by atoms with E-state index >= 15 is 0 Å². The fraction of sp³-hybridized carbons (Fsp3) is 0.562. The first-order valence-electron chi connectivity index (χ1n) is 7.56. The Morgan fingerprint density at radius 1 is 0.963 bits per heavy atom. The van der Waals surface area contributed by atoms with Crippen LogP contribution in [0, 0.1) is 5.41 Å². The molecule has 0 aliphatic heterocycles. The van der Waals surface area contributed by atoms with Gasteiger partial charge in [-0.1, -0.05) is 13.2 Å². The molecule has 0 bridgehead atoms. The Balaban J connectivity index is 0. The van der Waals surface area contributed by atoms with Crippen LogP contribution in [0.2, 0.25) is 0 Å². The Morgan fingerprint density at radius 3 is 1.70 bits per heavy atom. The maximum absolute atomic E-state index is 12.3. The fourth-order valence-corrected chi connectivity index (χ4v) is 1.92. The summed E-state index contributed by atoms with van der Waals surface area (Å²) in [7, 11) is -4.17. The van der Waals surface area contributed by atoms with E-state index in [2.05, 4.69) is 13.2 Å². The fourth-order valence-electron chi connectivity index (χ4n) is 1.44. The third-order valence-corrected chi connectivity index (χ3v) is 3.82. The number of carbonyl (C=O) groups excluding carboxylic acids is 3. The van der Waals surface area contributed by atoms with Crippen molar-refractivity contribution in [1.29, 1.82) is 0 Å². The molecule has 0 amide bonds. The van der Waals surface area contributed by atoms with Crippen molar-refractivity contribution in [2.75, 3.05) is 25.6 Å². The molecule has 27 heavy (non-hydrogen) atoms. The Labute approximate surface area is 201 Å². The molecule has 150 valence electrons. The van der Waals surface area contributed by atoms with Crippen LogP contribution in [0.5, 0.6) is 0 Å². The molecule has 0 atom stereocenters. The summed E-state index contributed by atoms with van der Waals surface area (Å²) in [4.78, 5) is 35.4. The van der Waals surface area contributed by atoms with Gasteiger partial charge in [-0.15, -0.1) is 0 Å². The number of ether oxygens (including phenoxy) is 3. The topological polar surface area (TPSA) is 133 Å². The number of carbonyl (C=O) groups is 3. The second-order valence-corrected chi connectivity index (χ2v) is 7.62. The van der Waals surface area contributed by atoms with Gasteiger partial charge in [-0.3, -0.25) is 9.35 Å². The third-order valence-electron chi connectivity index (χ3n) is 3.01. The van der Waals surface area contributed by atoms with Crippen LogP contribution in [0.1, 0.15) is 27.2 Å². The summed E-state index contributed by atoms with van der Waals surface area (Å²) in [6.45, 7) is 9.85. The Bertz CT molecular complexity index is 652. The molecule has 0 fully saturated rings. The van der Waals surface area contributed by atoms with Gasteiger partial charge in [0.05, 0.1) is 12.4 Å². The van der Waals surface area contributed by atoms with E-state index < -0.39 is 52.4 Å². The molecule has 0 saturated carbocycles. The Hall–Kier alpha value is -0.564. The van der Waals surface area contributed by atoms with Crippen molar-refractivity contribution in [3.05, 3.63) is 24.3 Å². The summed E-state index contributed by atoms with van der Waals surface area (Å²) in [5.41, 5.74) is -1.28. The van der Waals surface area contributed by atoms with E-state index in [4.69, 9.17) is 18.8 Å². The zero-order valence-electron chi connectivity index (χ0n) is 15.1. The van der Waals surface area contributed by atoms with Crippen molar-refractivity contribution in [1.82, 2.24) is 0 Å². The van der Waals surface area contributed by atoms with E-state index in [9.17, 15) is 22.8 Å². The third kappa shape index (κ3) is 12.5. The summed E-state index contributed by atoms with van der Waals surface area (Å²) in [6, 6.07) is 0. The molecule has 0 aliphatic rings. The van der Waals surface area contributed by atoms with Crippen LogP contribution in [0.4, 0.5) is 0 Å². The molecule has 11 heteroatoms. The molecule has 9 nitrogen and oxygen atoms in total. The van der Waals surface area contributed by atoms with Gasteiger partial charge in [0.2, 0.25) is 0 Å². The predicted octanol–water partition coefficient (Wildman–Crippen LogP) is 0.404. The molecule has 0 rings (SSSR count). The summed E-state index contributed by atoms with van der Waals surface area (Å²) in [6.07, 6.45) is -0.127. The molecule has 0 aromatic carbocycles. The van der Waals surface area contributed by atoms with E-state index in [0.717, 1.165) is 0 Å². The maximum atomic E-state index is 12.3. The summed E-state index contributed by atoms with van der Waals surface area (Å²) in [5, 5.41) is 0. The zero-order valence-corrected chi connectivity index (χ0v) is 15.9. The van der Waals surface area contributed by atoms with Crippen molar-refractivity contribution in [2.45, 2.75) is 27.2 Å². The molecule has 1 N–H and O–H groups in total. The quantitative estimate of drug-likeness (QED) is 0.123. The first kappa shape index (κ1) is 28.6. The molecule has 0 spiro atoms. The van der Waals surface area contributed by atoms with Crippen molar-refractivity contribution >= 4 is 79.4 Å². The van der Waals surface area contributed by atoms with E-state index in [1.54, 1.807) is 0 Å². The zero-order chi connectivity index (χ0) is 20.5. The monoisotopic (exact) mass is 432 g/mol. The van der Waals surface area contributed by atoms with E-state index in [1.165, 1.54) is 20.8 Å². The van der Waals surface area contributed by atoms with E-state index in [0.29, 0.717) is 0 Å². The summed E-state index contributed by atoms with van der Waals surface area (Å²) in [5.74, 6) is -2.91. The van der Waals surface area contributed by atoms with E-state index in [-0.39, 0.29) is 75.6 Å². The van der Waals surface area contributed by atoms with Crippen LogP contribution in [-0.4, -0.2) is 108 Å². The second-order valence-electron chi connectivity index (χ2n) is 6.05. The van der Waals surface area contributed by atoms with Gasteiger partial charge in [0, 0.05) is 11.1 Å². The number of esters is 3. The standard InChI is InChI=1S/C16H24O9S.K.H/c1-11(2)13(17)24-9-16(5,10-25-14(18)12(3)4)15(19)23-7-6-8-26(20,21)22;;/h1,3,6-10H2,2,4-5H3,(H,20,21,22);;. The van der Waals surface area contributed by atoms with Gasteiger partial charge in [-0.2, -0.15) is 8.42 Å². The molecular weight excluding hydrogens is 407 g/mol. The second kappa shape index (κ2) is 12.8. The number of hydrogen-bond donors (Lipinski definition) is 1. The average molecular weight is 433 g/mol. The van der Waals surface area contributed by atoms with Gasteiger partial charge in [0.15, 0.2) is 0 Å². The minimum absolute atomic E-state index is 0. The van der Waals surface area contributed by atoms with Crippen LogP contribution in [0.3, 0.4) is 0 Å². The van der Waals surface area contributed by atoms with Crippen molar-refractivity contribution in [3.63, 3.8) is 0 Å².